The summed E-state index contributed by atoms with van der Waals surface area (Å²) in [5.74, 6) is -0.579. The molecule has 0 bridgehead atoms. The van der Waals surface area contributed by atoms with Crippen LogP contribution >= 0.6 is 23.1 Å². The fraction of sp³-hybridized carbons (Fsp3) is 0.455. The van der Waals surface area contributed by atoms with Crippen molar-refractivity contribution in [2.75, 3.05) is 5.75 Å². The third-order valence-electron chi connectivity index (χ3n) is 2.00. The summed E-state index contributed by atoms with van der Waals surface area (Å²) in [6.45, 7) is 2.36. The average Bonchev–Trinajstić information content (AvgIpc) is 2.75. The lowest BCUT2D eigenvalue weighted by Gasteiger charge is -2.08. The van der Waals surface area contributed by atoms with E-state index < -0.39 is 5.97 Å². The van der Waals surface area contributed by atoms with E-state index in [-0.39, 0.29) is 17.6 Å². The fourth-order valence-corrected chi connectivity index (χ4v) is 2.62. The van der Waals surface area contributed by atoms with Crippen molar-refractivity contribution in [3.8, 4) is 0 Å². The summed E-state index contributed by atoms with van der Waals surface area (Å²) in [5.41, 5.74) is 0. The number of carboxylic acid groups (broad SMARTS) is 1. The Morgan fingerprint density at radius 3 is 2.94 bits per heavy atom. The number of carboxylic acids is 1. The topological polar surface area (TPSA) is 66.4 Å². The first kappa shape index (κ1) is 14.1. The van der Waals surface area contributed by atoms with Gasteiger partial charge in [0.1, 0.15) is 0 Å². The molecule has 4 nitrogen and oxygen atoms in total. The molecule has 1 atom stereocenters. The molecular formula is C11H15NO3S2. The highest BCUT2D eigenvalue weighted by Gasteiger charge is 2.10. The molecule has 0 radical (unpaired) electrons. The lowest BCUT2D eigenvalue weighted by atomic mass is 10.3. The third-order valence-corrected chi connectivity index (χ3v) is 4.04. The van der Waals surface area contributed by atoms with Crippen LogP contribution in [0.1, 0.15) is 18.2 Å². The van der Waals surface area contributed by atoms with E-state index in [1.54, 1.807) is 11.3 Å². The highest BCUT2D eigenvalue weighted by Crippen LogP contribution is 2.13. The third kappa shape index (κ3) is 6.33. The minimum atomic E-state index is -0.830. The van der Waals surface area contributed by atoms with Crippen LogP contribution in [-0.2, 0) is 16.1 Å². The summed E-state index contributed by atoms with van der Waals surface area (Å²) in [7, 11) is 0. The molecule has 0 aliphatic rings. The van der Waals surface area contributed by atoms with Gasteiger partial charge >= 0.3 is 5.97 Å². The van der Waals surface area contributed by atoms with Gasteiger partial charge in [-0.25, -0.2) is 0 Å². The van der Waals surface area contributed by atoms with E-state index in [2.05, 4.69) is 5.32 Å². The monoisotopic (exact) mass is 273 g/mol. The molecule has 94 valence electrons. The smallest absolute Gasteiger partial charge is 0.304 e. The number of hydrogen-bond donors (Lipinski definition) is 2. The van der Waals surface area contributed by atoms with Crippen LogP contribution in [0.15, 0.2) is 17.5 Å². The van der Waals surface area contributed by atoms with E-state index in [9.17, 15) is 9.59 Å². The van der Waals surface area contributed by atoms with Gasteiger partial charge < -0.3 is 10.4 Å². The molecule has 1 aromatic heterocycles. The Balaban J connectivity index is 2.15. The number of aliphatic carboxylic acids is 1. The van der Waals surface area contributed by atoms with Crippen LogP contribution in [0.4, 0.5) is 0 Å². The maximum absolute atomic E-state index is 11.5. The van der Waals surface area contributed by atoms with Gasteiger partial charge in [-0.05, 0) is 11.4 Å². The van der Waals surface area contributed by atoms with Crippen LogP contribution in [-0.4, -0.2) is 28.0 Å². The number of amides is 1. The number of rotatable bonds is 7. The van der Waals surface area contributed by atoms with Crippen molar-refractivity contribution in [3.05, 3.63) is 22.4 Å². The fourth-order valence-electron chi connectivity index (χ4n) is 1.17. The molecule has 17 heavy (non-hydrogen) atoms. The van der Waals surface area contributed by atoms with Gasteiger partial charge in [0.15, 0.2) is 0 Å². The molecule has 0 spiro atoms. The standard InChI is InChI=1S/C11H15NO3S2/c1-8(5-11(14)15)17-7-10(13)12-6-9-3-2-4-16-9/h2-4,8H,5-7H2,1H3,(H,12,13)(H,14,15). The Morgan fingerprint density at radius 2 is 2.35 bits per heavy atom. The highest BCUT2D eigenvalue weighted by molar-refractivity contribution is 8.00. The molecule has 1 aromatic rings. The normalized spacial score (nSPS) is 12.1. The Bertz CT molecular complexity index is 365. The SMILES string of the molecule is CC(CC(=O)O)SCC(=O)NCc1cccs1. The molecule has 1 amide bonds. The molecule has 0 aromatic carbocycles. The summed E-state index contributed by atoms with van der Waals surface area (Å²) in [4.78, 5) is 23.0. The van der Waals surface area contributed by atoms with Crippen molar-refractivity contribution in [2.24, 2.45) is 0 Å². The Kier molecular flexibility index (Phi) is 6.07. The van der Waals surface area contributed by atoms with Crippen LogP contribution < -0.4 is 5.32 Å². The highest BCUT2D eigenvalue weighted by atomic mass is 32.2. The number of carbonyl (C=O) groups is 2. The van der Waals surface area contributed by atoms with Gasteiger partial charge in [0.25, 0.3) is 0 Å². The van der Waals surface area contributed by atoms with Crippen LogP contribution in [0, 0.1) is 0 Å². The van der Waals surface area contributed by atoms with Crippen molar-refractivity contribution in [1.29, 1.82) is 0 Å². The van der Waals surface area contributed by atoms with E-state index in [0.29, 0.717) is 12.3 Å². The first-order valence-electron chi connectivity index (χ1n) is 5.20. The molecule has 0 saturated heterocycles. The van der Waals surface area contributed by atoms with Crippen molar-refractivity contribution in [2.45, 2.75) is 25.1 Å². The van der Waals surface area contributed by atoms with E-state index >= 15 is 0 Å². The summed E-state index contributed by atoms with van der Waals surface area (Å²) in [6.07, 6.45) is 0.0862. The molecule has 1 unspecified atom stereocenters. The first-order valence-corrected chi connectivity index (χ1v) is 7.13. The maximum atomic E-state index is 11.5. The second-order valence-corrected chi connectivity index (χ2v) is 6.03. The summed E-state index contributed by atoms with van der Waals surface area (Å²) in [6, 6.07) is 3.90. The van der Waals surface area contributed by atoms with Crippen molar-refractivity contribution >= 4 is 35.0 Å². The Labute approximate surface area is 108 Å². The van der Waals surface area contributed by atoms with Gasteiger partial charge in [-0.15, -0.1) is 23.1 Å². The lowest BCUT2D eigenvalue weighted by Crippen LogP contribution is -2.25. The van der Waals surface area contributed by atoms with Gasteiger partial charge in [0, 0.05) is 10.1 Å². The zero-order valence-corrected chi connectivity index (χ0v) is 11.1. The first-order chi connectivity index (χ1) is 8.08. The second kappa shape index (κ2) is 7.34. The summed E-state index contributed by atoms with van der Waals surface area (Å²) >= 11 is 2.96. The molecule has 6 heteroatoms. The van der Waals surface area contributed by atoms with E-state index in [1.165, 1.54) is 11.8 Å². The van der Waals surface area contributed by atoms with Crippen molar-refractivity contribution < 1.29 is 14.7 Å². The van der Waals surface area contributed by atoms with Gasteiger partial charge in [-0.3, -0.25) is 9.59 Å². The minimum Gasteiger partial charge on any atom is -0.481 e. The van der Waals surface area contributed by atoms with Gasteiger partial charge in [0.05, 0.1) is 18.7 Å². The molecule has 0 aliphatic heterocycles. The van der Waals surface area contributed by atoms with E-state index in [4.69, 9.17) is 5.11 Å². The average molecular weight is 273 g/mol. The molecule has 1 rings (SSSR count). The van der Waals surface area contributed by atoms with Gasteiger partial charge in [0.2, 0.25) is 5.91 Å². The number of hydrogen-bond acceptors (Lipinski definition) is 4. The molecule has 0 aliphatic carbocycles. The Morgan fingerprint density at radius 1 is 1.59 bits per heavy atom. The number of thiophene rings is 1. The van der Waals surface area contributed by atoms with Crippen LogP contribution in [0.25, 0.3) is 0 Å². The summed E-state index contributed by atoms with van der Waals surface area (Å²) in [5, 5.41) is 13.3. The van der Waals surface area contributed by atoms with Crippen LogP contribution in [0.5, 0.6) is 0 Å². The molecule has 1 heterocycles. The lowest BCUT2D eigenvalue weighted by molar-refractivity contribution is -0.136. The number of carbonyl (C=O) groups excluding carboxylic acids is 1. The van der Waals surface area contributed by atoms with Crippen molar-refractivity contribution in [1.82, 2.24) is 5.32 Å². The summed E-state index contributed by atoms with van der Waals surface area (Å²) < 4.78 is 0. The van der Waals surface area contributed by atoms with Gasteiger partial charge in [-0.1, -0.05) is 13.0 Å². The zero-order chi connectivity index (χ0) is 12.7. The predicted molar refractivity (Wildman–Crippen MR) is 70.3 cm³/mol. The predicted octanol–water partition coefficient (Wildman–Crippen LogP) is 1.96. The van der Waals surface area contributed by atoms with E-state index in [0.717, 1.165) is 4.88 Å². The molecule has 0 fully saturated rings. The Hall–Kier alpha value is -1.01. The van der Waals surface area contributed by atoms with Crippen LogP contribution in [0.3, 0.4) is 0 Å². The van der Waals surface area contributed by atoms with Gasteiger partial charge in [-0.2, -0.15) is 0 Å². The minimum absolute atomic E-state index is 0.0417. The second-order valence-electron chi connectivity index (χ2n) is 3.58. The van der Waals surface area contributed by atoms with Crippen molar-refractivity contribution in [3.63, 3.8) is 0 Å². The zero-order valence-electron chi connectivity index (χ0n) is 9.51. The number of nitrogens with one attached hydrogen (secondary N) is 1. The quantitative estimate of drug-likeness (QED) is 0.797. The largest absolute Gasteiger partial charge is 0.481 e. The molecule has 0 saturated carbocycles. The maximum Gasteiger partial charge on any atom is 0.304 e. The van der Waals surface area contributed by atoms with E-state index in [1.807, 2.05) is 24.4 Å². The molecular weight excluding hydrogens is 258 g/mol. The molecule has 2 N–H and O–H groups in total. The number of thioether (sulfide) groups is 1. The van der Waals surface area contributed by atoms with Crippen LogP contribution in [0.2, 0.25) is 0 Å².